The normalized spacial score (nSPS) is 15.7. The Hall–Kier alpha value is -4.20. The largest absolute Gasteiger partial charge is 0.480 e. The summed E-state index contributed by atoms with van der Waals surface area (Å²) in [6.45, 7) is 1.49. The Bertz CT molecular complexity index is 1250. The van der Waals surface area contributed by atoms with Crippen LogP contribution in [0.25, 0.3) is 17.0 Å². The monoisotopic (exact) mass is 403 g/mol. The van der Waals surface area contributed by atoms with Crippen molar-refractivity contribution >= 4 is 46.5 Å². The third-order valence-corrected chi connectivity index (χ3v) is 4.88. The predicted octanol–water partition coefficient (Wildman–Crippen LogP) is 2.70. The molecule has 2 N–H and O–H groups in total. The molecule has 4 rings (SSSR count). The van der Waals surface area contributed by atoms with Crippen molar-refractivity contribution in [1.82, 2.24) is 9.88 Å². The Morgan fingerprint density at radius 1 is 1.07 bits per heavy atom. The number of carboxylic acids is 1. The molecule has 2 aromatic carbocycles. The van der Waals surface area contributed by atoms with Crippen molar-refractivity contribution in [2.75, 3.05) is 4.90 Å². The highest BCUT2D eigenvalue weighted by Crippen LogP contribution is 2.27. The maximum atomic E-state index is 13.1. The first-order valence-electron chi connectivity index (χ1n) is 9.13. The first kappa shape index (κ1) is 19.1. The van der Waals surface area contributed by atoms with Gasteiger partial charge in [-0.05, 0) is 30.7 Å². The van der Waals surface area contributed by atoms with Crippen molar-refractivity contribution in [1.29, 1.82) is 0 Å². The zero-order valence-corrected chi connectivity index (χ0v) is 16.0. The van der Waals surface area contributed by atoms with Crippen molar-refractivity contribution < 1.29 is 24.3 Å². The maximum Gasteiger partial charge on any atom is 0.335 e. The lowest BCUT2D eigenvalue weighted by molar-refractivity contribution is -0.137. The van der Waals surface area contributed by atoms with E-state index < -0.39 is 23.8 Å². The second-order valence-corrected chi connectivity index (χ2v) is 6.87. The number of urea groups is 1. The van der Waals surface area contributed by atoms with E-state index in [2.05, 4.69) is 5.32 Å². The lowest BCUT2D eigenvalue weighted by atomic mass is 10.1. The van der Waals surface area contributed by atoms with Gasteiger partial charge in [-0.2, -0.15) is 0 Å². The molecule has 30 heavy (non-hydrogen) atoms. The van der Waals surface area contributed by atoms with Crippen LogP contribution >= 0.6 is 0 Å². The molecule has 4 amide bonds. The minimum Gasteiger partial charge on any atom is -0.480 e. The number of benzene rings is 2. The number of hydrogen-bond donors (Lipinski definition) is 2. The van der Waals surface area contributed by atoms with E-state index in [0.717, 1.165) is 4.90 Å². The van der Waals surface area contributed by atoms with Gasteiger partial charge in [-0.3, -0.25) is 19.7 Å². The van der Waals surface area contributed by atoms with Crippen LogP contribution < -0.4 is 10.2 Å². The molecular weight excluding hydrogens is 386 g/mol. The third-order valence-electron chi connectivity index (χ3n) is 4.88. The molecule has 0 atom stereocenters. The smallest absolute Gasteiger partial charge is 0.335 e. The fourth-order valence-corrected chi connectivity index (χ4v) is 3.51. The first-order chi connectivity index (χ1) is 14.4. The quantitative estimate of drug-likeness (QED) is 0.514. The van der Waals surface area contributed by atoms with Crippen molar-refractivity contribution in [2.24, 2.45) is 0 Å². The minimum absolute atomic E-state index is 0.212. The number of para-hydroxylation sites is 2. The predicted molar refractivity (Wildman–Crippen MR) is 110 cm³/mol. The lowest BCUT2D eigenvalue weighted by Gasteiger charge is -2.27. The Labute approximate surface area is 171 Å². The number of aliphatic carboxylic acids is 1. The number of imide groups is 2. The number of aromatic nitrogens is 1. The van der Waals surface area contributed by atoms with E-state index >= 15 is 0 Å². The van der Waals surface area contributed by atoms with E-state index in [1.54, 1.807) is 61.7 Å². The highest BCUT2D eigenvalue weighted by Gasteiger charge is 2.37. The zero-order chi connectivity index (χ0) is 21.4. The summed E-state index contributed by atoms with van der Waals surface area (Å²) in [6, 6.07) is 13.1. The van der Waals surface area contributed by atoms with Crippen LogP contribution in [0.4, 0.5) is 10.5 Å². The molecule has 0 bridgehead atoms. The summed E-state index contributed by atoms with van der Waals surface area (Å²) in [4.78, 5) is 50.0. The molecule has 1 fully saturated rings. The van der Waals surface area contributed by atoms with Gasteiger partial charge in [0.1, 0.15) is 12.1 Å². The van der Waals surface area contributed by atoms with Crippen LogP contribution in [0, 0.1) is 6.92 Å². The number of rotatable bonds is 4. The number of carbonyl (C=O) groups excluding carboxylic acids is 3. The van der Waals surface area contributed by atoms with Crippen molar-refractivity contribution in [3.05, 3.63) is 71.4 Å². The summed E-state index contributed by atoms with van der Waals surface area (Å²) in [7, 11) is 0. The van der Waals surface area contributed by atoms with Gasteiger partial charge in [-0.15, -0.1) is 0 Å². The zero-order valence-electron chi connectivity index (χ0n) is 16.0. The van der Waals surface area contributed by atoms with Crippen molar-refractivity contribution in [3.63, 3.8) is 0 Å². The highest BCUT2D eigenvalue weighted by molar-refractivity contribution is 6.39. The average molecular weight is 403 g/mol. The minimum atomic E-state index is -1.02. The second-order valence-electron chi connectivity index (χ2n) is 6.87. The molecule has 2 heterocycles. The van der Waals surface area contributed by atoms with Gasteiger partial charge in [0.05, 0.1) is 5.69 Å². The molecule has 8 heteroatoms. The van der Waals surface area contributed by atoms with E-state index in [0.29, 0.717) is 27.7 Å². The standard InChI is InChI=1S/C22H17N3O5/c1-13-6-2-4-8-17(13)25-21(29)16(20(28)23-22(25)30)10-14-11-24(12-19(26)27)18-9-5-3-7-15(14)18/h2-11H,12H2,1H3,(H,26,27)(H,23,28,30)/b16-10+. The van der Waals surface area contributed by atoms with Gasteiger partial charge in [0.15, 0.2) is 0 Å². The molecule has 0 radical (unpaired) electrons. The Morgan fingerprint density at radius 3 is 2.50 bits per heavy atom. The Kier molecular flexibility index (Phi) is 4.67. The molecule has 1 aliphatic heterocycles. The molecule has 1 aliphatic rings. The Morgan fingerprint density at radius 2 is 1.77 bits per heavy atom. The van der Waals surface area contributed by atoms with Crippen LogP contribution in [-0.4, -0.2) is 33.5 Å². The van der Waals surface area contributed by atoms with Crippen LogP contribution in [0.2, 0.25) is 0 Å². The van der Waals surface area contributed by atoms with Gasteiger partial charge < -0.3 is 9.67 Å². The summed E-state index contributed by atoms with van der Waals surface area (Å²) < 4.78 is 1.53. The van der Waals surface area contributed by atoms with Gasteiger partial charge >= 0.3 is 12.0 Å². The van der Waals surface area contributed by atoms with E-state index in [4.69, 9.17) is 5.11 Å². The summed E-state index contributed by atoms with van der Waals surface area (Å²) in [5.41, 5.74) is 2.03. The third kappa shape index (κ3) is 3.24. The van der Waals surface area contributed by atoms with E-state index in [1.165, 1.54) is 10.6 Å². The number of amides is 4. The van der Waals surface area contributed by atoms with E-state index in [1.807, 2.05) is 0 Å². The van der Waals surface area contributed by atoms with Gasteiger partial charge in [0, 0.05) is 22.7 Å². The van der Waals surface area contributed by atoms with Crippen LogP contribution in [0.15, 0.2) is 60.3 Å². The fourth-order valence-electron chi connectivity index (χ4n) is 3.51. The second kappa shape index (κ2) is 7.32. The molecule has 1 saturated heterocycles. The molecular formula is C22H17N3O5. The van der Waals surface area contributed by atoms with Gasteiger partial charge in [-0.1, -0.05) is 36.4 Å². The number of aryl methyl sites for hydroxylation is 1. The maximum absolute atomic E-state index is 13.1. The summed E-state index contributed by atoms with van der Waals surface area (Å²) in [5.74, 6) is -2.56. The molecule has 0 aliphatic carbocycles. The number of fused-ring (bicyclic) bond motifs is 1. The molecule has 1 aromatic heterocycles. The molecule has 0 unspecified atom stereocenters. The molecule has 0 spiro atoms. The SMILES string of the molecule is Cc1ccccc1N1C(=O)NC(=O)/C(=C\c2cn(CC(=O)O)c3ccccc23)C1=O. The summed E-state index contributed by atoms with van der Waals surface area (Å²) in [6.07, 6.45) is 2.96. The number of hydrogen-bond acceptors (Lipinski definition) is 4. The van der Waals surface area contributed by atoms with Crippen LogP contribution in [0.1, 0.15) is 11.1 Å². The molecule has 0 saturated carbocycles. The first-order valence-corrected chi connectivity index (χ1v) is 9.13. The molecule has 3 aromatic rings. The van der Waals surface area contributed by atoms with Gasteiger partial charge in [0.2, 0.25) is 0 Å². The fraction of sp³-hybridized carbons (Fsp3) is 0.0909. The van der Waals surface area contributed by atoms with Crippen molar-refractivity contribution in [3.8, 4) is 0 Å². The van der Waals surface area contributed by atoms with E-state index in [-0.39, 0.29) is 12.1 Å². The van der Waals surface area contributed by atoms with Crippen LogP contribution in [-0.2, 0) is 20.9 Å². The van der Waals surface area contributed by atoms with E-state index in [9.17, 15) is 19.2 Å². The highest BCUT2D eigenvalue weighted by atomic mass is 16.4. The summed E-state index contributed by atoms with van der Waals surface area (Å²) in [5, 5.41) is 12.0. The number of nitrogens with one attached hydrogen (secondary N) is 1. The average Bonchev–Trinajstić information content (AvgIpc) is 3.03. The summed E-state index contributed by atoms with van der Waals surface area (Å²) >= 11 is 0. The van der Waals surface area contributed by atoms with Gasteiger partial charge in [-0.25, -0.2) is 9.69 Å². The molecule has 8 nitrogen and oxygen atoms in total. The number of nitrogens with zero attached hydrogens (tertiary/aromatic N) is 2. The topological polar surface area (TPSA) is 109 Å². The number of anilines is 1. The van der Waals surface area contributed by atoms with Gasteiger partial charge in [0.25, 0.3) is 11.8 Å². The molecule has 150 valence electrons. The lowest BCUT2D eigenvalue weighted by Crippen LogP contribution is -2.54. The number of barbiturate groups is 1. The van der Waals surface area contributed by atoms with Crippen LogP contribution in [0.3, 0.4) is 0 Å². The van der Waals surface area contributed by atoms with Crippen molar-refractivity contribution in [2.45, 2.75) is 13.5 Å². The van der Waals surface area contributed by atoms with Crippen LogP contribution in [0.5, 0.6) is 0 Å². The Balaban J connectivity index is 1.82. The number of carbonyl (C=O) groups is 4. The number of carboxylic acid groups (broad SMARTS) is 1.